The number of aryl methyl sites for hydroxylation is 1. The first-order chi connectivity index (χ1) is 13.3. The van der Waals surface area contributed by atoms with Crippen LogP contribution in [0.25, 0.3) is 0 Å². The second-order valence-electron chi connectivity index (χ2n) is 7.04. The minimum Gasteiger partial charge on any atom is -0.491 e. The molecule has 0 heterocycles. The molecule has 0 bridgehead atoms. The van der Waals surface area contributed by atoms with Crippen molar-refractivity contribution in [1.29, 1.82) is 0 Å². The summed E-state index contributed by atoms with van der Waals surface area (Å²) >= 11 is 7.23. The second-order valence-corrected chi connectivity index (χ2v) is 8.75. The van der Waals surface area contributed by atoms with Crippen molar-refractivity contribution in [2.24, 2.45) is 0 Å². The highest BCUT2D eigenvalue weighted by Crippen LogP contribution is 2.39. The number of aliphatic hydroxyl groups excluding tert-OH is 2. The molecule has 2 N–H and O–H groups in total. The van der Waals surface area contributed by atoms with Crippen LogP contribution in [0.15, 0.2) is 33.2 Å². The van der Waals surface area contributed by atoms with E-state index in [1.165, 1.54) is 0 Å². The van der Waals surface area contributed by atoms with Crippen molar-refractivity contribution in [3.8, 4) is 11.5 Å². The number of hydrogen-bond donors (Lipinski definition) is 2. The van der Waals surface area contributed by atoms with E-state index in [4.69, 9.17) is 19.7 Å². The van der Waals surface area contributed by atoms with Gasteiger partial charge in [-0.2, -0.15) is 0 Å². The van der Waals surface area contributed by atoms with Crippen LogP contribution >= 0.6 is 31.9 Å². The minimum absolute atomic E-state index is 0.0197. The van der Waals surface area contributed by atoms with Gasteiger partial charge in [-0.25, -0.2) is 0 Å². The van der Waals surface area contributed by atoms with Gasteiger partial charge in [-0.3, -0.25) is 0 Å². The van der Waals surface area contributed by atoms with Gasteiger partial charge in [0, 0.05) is 5.41 Å². The summed E-state index contributed by atoms with van der Waals surface area (Å²) in [6.07, 6.45) is 0. The molecule has 0 atom stereocenters. The van der Waals surface area contributed by atoms with E-state index in [2.05, 4.69) is 70.0 Å². The lowest BCUT2D eigenvalue weighted by atomic mass is 9.69. The summed E-state index contributed by atoms with van der Waals surface area (Å²) < 4.78 is 13.1. The molecule has 2 aromatic rings. The van der Waals surface area contributed by atoms with Gasteiger partial charge in [0.1, 0.15) is 24.7 Å². The van der Waals surface area contributed by atoms with Gasteiger partial charge >= 0.3 is 0 Å². The lowest BCUT2D eigenvalue weighted by molar-refractivity contribution is 0.200. The Balaban J connectivity index is 2.48. The third kappa shape index (κ3) is 5.12. The molecule has 0 spiro atoms. The molecule has 0 aliphatic rings. The summed E-state index contributed by atoms with van der Waals surface area (Å²) in [6, 6.07) is 8.38. The summed E-state index contributed by atoms with van der Waals surface area (Å²) in [5.41, 5.74) is 4.00. The van der Waals surface area contributed by atoms with E-state index in [1.54, 1.807) is 0 Å². The Morgan fingerprint density at radius 3 is 1.89 bits per heavy atom. The number of aliphatic hydroxyl groups is 2. The lowest BCUT2D eigenvalue weighted by Gasteiger charge is -2.29. The van der Waals surface area contributed by atoms with Crippen molar-refractivity contribution >= 4 is 44.6 Å². The Hall–Kier alpha value is -1.02. The van der Waals surface area contributed by atoms with E-state index in [0.29, 0.717) is 0 Å². The van der Waals surface area contributed by atoms with E-state index in [1.807, 2.05) is 21.0 Å². The van der Waals surface area contributed by atoms with Crippen LogP contribution in [0.2, 0.25) is 6.82 Å². The van der Waals surface area contributed by atoms with Crippen LogP contribution in [0, 0.1) is 6.92 Å². The quantitative estimate of drug-likeness (QED) is 0.499. The maximum Gasteiger partial charge on any atom is 0.153 e. The van der Waals surface area contributed by atoms with E-state index < -0.39 is 0 Å². The molecular formula is C21H26BBr2O4. The first-order valence-corrected chi connectivity index (χ1v) is 10.8. The first-order valence-electron chi connectivity index (χ1n) is 9.17. The van der Waals surface area contributed by atoms with Crippen molar-refractivity contribution in [3.63, 3.8) is 0 Å². The molecule has 2 rings (SSSR count). The molecule has 151 valence electrons. The van der Waals surface area contributed by atoms with E-state index >= 15 is 0 Å². The number of halogens is 2. The largest absolute Gasteiger partial charge is 0.491 e. The molecule has 0 amide bonds. The van der Waals surface area contributed by atoms with E-state index in [0.717, 1.165) is 42.6 Å². The summed E-state index contributed by atoms with van der Waals surface area (Å²) in [5, 5.41) is 18.1. The molecule has 0 saturated heterocycles. The fraction of sp³-hybridized carbons (Fsp3) is 0.429. The zero-order valence-electron chi connectivity index (χ0n) is 16.7. The Bertz CT molecular complexity index is 801. The van der Waals surface area contributed by atoms with Crippen LogP contribution in [0.1, 0.15) is 30.5 Å². The van der Waals surface area contributed by atoms with Crippen molar-refractivity contribution < 1.29 is 19.7 Å². The highest BCUT2D eigenvalue weighted by atomic mass is 79.9. The van der Waals surface area contributed by atoms with Crippen LogP contribution in [0.5, 0.6) is 11.5 Å². The van der Waals surface area contributed by atoms with Crippen LogP contribution < -0.4 is 14.9 Å². The average molecular weight is 513 g/mol. The normalized spacial score (nSPS) is 11.4. The van der Waals surface area contributed by atoms with Crippen LogP contribution in [0.4, 0.5) is 0 Å². The molecule has 0 unspecified atom stereocenters. The fourth-order valence-corrected chi connectivity index (χ4v) is 4.34. The van der Waals surface area contributed by atoms with Gasteiger partial charge in [0.05, 0.1) is 22.2 Å². The van der Waals surface area contributed by atoms with Gasteiger partial charge in [-0.15, -0.1) is 0 Å². The Morgan fingerprint density at radius 1 is 0.893 bits per heavy atom. The van der Waals surface area contributed by atoms with Crippen molar-refractivity contribution in [3.05, 3.63) is 49.9 Å². The van der Waals surface area contributed by atoms with Gasteiger partial charge in [0.25, 0.3) is 0 Å². The smallest absolute Gasteiger partial charge is 0.153 e. The van der Waals surface area contributed by atoms with Gasteiger partial charge in [-0.05, 0) is 73.1 Å². The number of hydrogen-bond acceptors (Lipinski definition) is 4. The third-order valence-corrected chi connectivity index (χ3v) is 5.91. The third-order valence-electron chi connectivity index (χ3n) is 4.73. The van der Waals surface area contributed by atoms with Crippen LogP contribution in [-0.4, -0.2) is 43.9 Å². The van der Waals surface area contributed by atoms with Gasteiger partial charge in [0.2, 0.25) is 0 Å². The first kappa shape index (κ1) is 23.3. The Morgan fingerprint density at radius 2 is 1.39 bits per heavy atom. The Labute approximate surface area is 184 Å². The monoisotopic (exact) mass is 511 g/mol. The standard InChI is InChI=1S/C21H26BBr2O4/c1-13-9-14(11-17(23)19(13)27-7-5-25)21(2,3)15-10-16(22-4)20(18(24)12-15)28-8-6-26/h9-12,25-26H,5-8H2,1-4H3. The van der Waals surface area contributed by atoms with Gasteiger partial charge in [-0.1, -0.05) is 32.8 Å². The highest BCUT2D eigenvalue weighted by Gasteiger charge is 2.27. The molecule has 4 nitrogen and oxygen atoms in total. The molecule has 7 heteroatoms. The number of rotatable bonds is 9. The molecule has 2 aromatic carbocycles. The average Bonchev–Trinajstić information content (AvgIpc) is 2.65. The molecule has 0 aromatic heterocycles. The van der Waals surface area contributed by atoms with Crippen molar-refractivity contribution in [2.45, 2.75) is 33.0 Å². The summed E-state index contributed by atoms with van der Waals surface area (Å²) in [5.74, 6) is 1.49. The van der Waals surface area contributed by atoms with E-state index in [9.17, 15) is 0 Å². The zero-order chi connectivity index (χ0) is 20.9. The molecule has 0 aliphatic heterocycles. The summed E-state index contributed by atoms with van der Waals surface area (Å²) in [4.78, 5) is 0. The predicted molar refractivity (Wildman–Crippen MR) is 122 cm³/mol. The topological polar surface area (TPSA) is 58.9 Å². The van der Waals surface area contributed by atoms with Crippen LogP contribution in [0.3, 0.4) is 0 Å². The number of benzene rings is 2. The molecule has 28 heavy (non-hydrogen) atoms. The van der Waals surface area contributed by atoms with Crippen LogP contribution in [-0.2, 0) is 5.41 Å². The van der Waals surface area contributed by atoms with Gasteiger partial charge < -0.3 is 19.7 Å². The van der Waals surface area contributed by atoms with Crippen molar-refractivity contribution in [2.75, 3.05) is 26.4 Å². The van der Waals surface area contributed by atoms with Crippen molar-refractivity contribution in [1.82, 2.24) is 0 Å². The molecular weight excluding hydrogens is 487 g/mol. The summed E-state index contributed by atoms with van der Waals surface area (Å²) in [6.45, 7) is 8.80. The van der Waals surface area contributed by atoms with E-state index in [-0.39, 0.29) is 31.8 Å². The maximum absolute atomic E-state index is 9.06. The highest BCUT2D eigenvalue weighted by molar-refractivity contribution is 9.11. The Kier molecular flexibility index (Phi) is 8.43. The number of ether oxygens (including phenoxy) is 2. The molecule has 1 radical (unpaired) electrons. The molecule has 0 saturated carbocycles. The predicted octanol–water partition coefficient (Wildman–Crippen LogP) is 3.97. The van der Waals surface area contributed by atoms with Gasteiger partial charge in [0.15, 0.2) is 7.28 Å². The minimum atomic E-state index is -0.265. The molecule has 0 fully saturated rings. The SMILES string of the molecule is C[B]c1cc(C(C)(C)c2cc(C)c(OCCO)c(Br)c2)cc(Br)c1OCCO. The zero-order valence-corrected chi connectivity index (χ0v) is 19.9. The molecule has 0 aliphatic carbocycles. The summed E-state index contributed by atoms with van der Waals surface area (Å²) in [7, 11) is 2.00. The second kappa shape index (κ2) is 10.1. The lowest BCUT2D eigenvalue weighted by Crippen LogP contribution is -2.25. The maximum atomic E-state index is 9.06. The fourth-order valence-electron chi connectivity index (χ4n) is 3.08.